The van der Waals surface area contributed by atoms with E-state index in [2.05, 4.69) is 15.9 Å². The van der Waals surface area contributed by atoms with Gasteiger partial charge in [0.15, 0.2) is 0 Å². The minimum atomic E-state index is -1.03. The zero-order chi connectivity index (χ0) is 11.6. The Bertz CT molecular complexity index is 404. The standard InChI is InChI=1S/C10H10BrFO3/c1-5-3-7(12)9(11)6(4-8(13)14)10(5)15-2/h3H,4H2,1-2H3,(H,13,14). The van der Waals surface area contributed by atoms with Crippen molar-refractivity contribution >= 4 is 21.9 Å². The SMILES string of the molecule is COc1c(C)cc(F)c(Br)c1CC(=O)O. The summed E-state index contributed by atoms with van der Waals surface area (Å²) in [5.74, 6) is -1.10. The molecule has 0 amide bonds. The van der Waals surface area contributed by atoms with Crippen LogP contribution in [-0.4, -0.2) is 18.2 Å². The number of carboxylic acid groups (broad SMARTS) is 1. The van der Waals surface area contributed by atoms with Crippen LogP contribution in [0.3, 0.4) is 0 Å². The third kappa shape index (κ3) is 2.47. The van der Waals surface area contributed by atoms with Crippen LogP contribution in [0.1, 0.15) is 11.1 Å². The Labute approximate surface area is 95.0 Å². The highest BCUT2D eigenvalue weighted by atomic mass is 79.9. The van der Waals surface area contributed by atoms with E-state index < -0.39 is 11.8 Å². The second-order valence-corrected chi connectivity index (χ2v) is 3.86. The second kappa shape index (κ2) is 4.61. The number of hydrogen-bond donors (Lipinski definition) is 1. The normalized spacial score (nSPS) is 10.1. The average Bonchev–Trinajstić information content (AvgIpc) is 2.13. The van der Waals surface area contributed by atoms with Crippen LogP contribution in [0, 0.1) is 12.7 Å². The van der Waals surface area contributed by atoms with Crippen molar-refractivity contribution in [3.63, 3.8) is 0 Å². The first-order chi connectivity index (χ1) is 6.97. The molecule has 0 aliphatic rings. The van der Waals surface area contributed by atoms with Crippen molar-refractivity contribution < 1.29 is 19.0 Å². The average molecular weight is 277 g/mol. The van der Waals surface area contributed by atoms with Crippen LogP contribution < -0.4 is 4.74 Å². The van der Waals surface area contributed by atoms with Gasteiger partial charge in [0.25, 0.3) is 0 Å². The summed E-state index contributed by atoms with van der Waals surface area (Å²) in [6, 6.07) is 1.30. The lowest BCUT2D eigenvalue weighted by molar-refractivity contribution is -0.136. The van der Waals surface area contributed by atoms with Crippen LogP contribution >= 0.6 is 15.9 Å². The van der Waals surface area contributed by atoms with Crippen LogP contribution in [0.5, 0.6) is 5.75 Å². The number of rotatable bonds is 3. The molecule has 0 aliphatic carbocycles. The van der Waals surface area contributed by atoms with E-state index in [1.807, 2.05) is 0 Å². The molecule has 0 atom stereocenters. The number of methoxy groups -OCH3 is 1. The van der Waals surface area contributed by atoms with Crippen LogP contribution in [0.2, 0.25) is 0 Å². The van der Waals surface area contributed by atoms with E-state index >= 15 is 0 Å². The minimum Gasteiger partial charge on any atom is -0.496 e. The van der Waals surface area contributed by atoms with Gasteiger partial charge in [0.05, 0.1) is 18.0 Å². The highest BCUT2D eigenvalue weighted by Crippen LogP contribution is 2.33. The van der Waals surface area contributed by atoms with Crippen molar-refractivity contribution in [3.05, 3.63) is 27.5 Å². The Morgan fingerprint density at radius 1 is 1.67 bits per heavy atom. The van der Waals surface area contributed by atoms with E-state index in [-0.39, 0.29) is 10.9 Å². The van der Waals surface area contributed by atoms with Gasteiger partial charge in [0.2, 0.25) is 0 Å². The summed E-state index contributed by atoms with van der Waals surface area (Å²) in [6.45, 7) is 1.67. The first-order valence-electron chi connectivity index (χ1n) is 4.20. The molecule has 15 heavy (non-hydrogen) atoms. The molecule has 0 saturated carbocycles. The quantitative estimate of drug-likeness (QED) is 0.923. The molecule has 0 aliphatic heterocycles. The molecule has 1 rings (SSSR count). The third-order valence-corrected chi connectivity index (χ3v) is 2.84. The highest BCUT2D eigenvalue weighted by molar-refractivity contribution is 9.10. The van der Waals surface area contributed by atoms with E-state index in [0.717, 1.165) is 0 Å². The number of hydrogen-bond acceptors (Lipinski definition) is 2. The van der Waals surface area contributed by atoms with E-state index in [9.17, 15) is 9.18 Å². The van der Waals surface area contributed by atoms with Crippen molar-refractivity contribution in [3.8, 4) is 5.75 Å². The number of aryl methyl sites for hydroxylation is 1. The molecule has 0 fully saturated rings. The van der Waals surface area contributed by atoms with Gasteiger partial charge in [-0.2, -0.15) is 0 Å². The summed E-state index contributed by atoms with van der Waals surface area (Å²) in [7, 11) is 1.43. The lowest BCUT2D eigenvalue weighted by Gasteiger charge is -2.12. The zero-order valence-corrected chi connectivity index (χ0v) is 9.89. The predicted octanol–water partition coefficient (Wildman–Crippen LogP) is 2.53. The maximum Gasteiger partial charge on any atom is 0.308 e. The monoisotopic (exact) mass is 276 g/mol. The Hall–Kier alpha value is -1.10. The number of ether oxygens (including phenoxy) is 1. The molecule has 0 heterocycles. The number of carbonyl (C=O) groups is 1. The summed E-state index contributed by atoms with van der Waals surface area (Å²) in [5, 5.41) is 8.69. The van der Waals surface area contributed by atoms with Gasteiger partial charge in [-0.3, -0.25) is 4.79 Å². The molecule has 1 aromatic rings. The Morgan fingerprint density at radius 2 is 2.27 bits per heavy atom. The molecule has 1 aromatic carbocycles. The van der Waals surface area contributed by atoms with Crippen molar-refractivity contribution in [2.75, 3.05) is 7.11 Å². The summed E-state index contributed by atoms with van der Waals surface area (Å²) >= 11 is 3.02. The Balaban J connectivity index is 3.36. The summed E-state index contributed by atoms with van der Waals surface area (Å²) in [5.41, 5.74) is 0.900. The van der Waals surface area contributed by atoms with E-state index in [1.54, 1.807) is 6.92 Å². The van der Waals surface area contributed by atoms with Gasteiger partial charge in [-0.15, -0.1) is 0 Å². The van der Waals surface area contributed by atoms with Crippen LogP contribution in [0.25, 0.3) is 0 Å². The molecule has 0 spiro atoms. The van der Waals surface area contributed by atoms with Crippen molar-refractivity contribution in [1.29, 1.82) is 0 Å². The fourth-order valence-corrected chi connectivity index (χ4v) is 1.83. The van der Waals surface area contributed by atoms with E-state index in [4.69, 9.17) is 9.84 Å². The fourth-order valence-electron chi connectivity index (χ4n) is 1.39. The second-order valence-electron chi connectivity index (χ2n) is 3.07. The third-order valence-electron chi connectivity index (χ3n) is 1.98. The molecule has 0 unspecified atom stereocenters. The molecule has 82 valence electrons. The lowest BCUT2D eigenvalue weighted by atomic mass is 10.1. The molecule has 1 N–H and O–H groups in total. The van der Waals surface area contributed by atoms with Crippen LogP contribution in [0.4, 0.5) is 4.39 Å². The number of halogens is 2. The number of carboxylic acids is 1. The molecule has 3 nitrogen and oxygen atoms in total. The lowest BCUT2D eigenvalue weighted by Crippen LogP contribution is -2.05. The Kier molecular flexibility index (Phi) is 3.68. The van der Waals surface area contributed by atoms with Crippen molar-refractivity contribution in [1.82, 2.24) is 0 Å². The maximum absolute atomic E-state index is 13.3. The molecule has 0 saturated heterocycles. The van der Waals surface area contributed by atoms with Crippen LogP contribution in [-0.2, 0) is 11.2 Å². The maximum atomic E-state index is 13.3. The summed E-state index contributed by atoms with van der Waals surface area (Å²) in [6.07, 6.45) is -0.275. The van der Waals surface area contributed by atoms with E-state index in [1.165, 1.54) is 13.2 Å². The van der Waals surface area contributed by atoms with Gasteiger partial charge in [0, 0.05) is 5.56 Å². The summed E-state index contributed by atoms with van der Waals surface area (Å²) < 4.78 is 18.5. The number of aliphatic carboxylic acids is 1. The van der Waals surface area contributed by atoms with Gasteiger partial charge in [0.1, 0.15) is 11.6 Å². The zero-order valence-electron chi connectivity index (χ0n) is 8.30. The smallest absolute Gasteiger partial charge is 0.308 e. The van der Waals surface area contributed by atoms with Gasteiger partial charge < -0.3 is 9.84 Å². The van der Waals surface area contributed by atoms with Crippen molar-refractivity contribution in [2.24, 2.45) is 0 Å². The largest absolute Gasteiger partial charge is 0.496 e. The van der Waals surface area contributed by atoms with Gasteiger partial charge in [-0.05, 0) is 34.5 Å². The number of benzene rings is 1. The molecule has 0 radical (unpaired) electrons. The van der Waals surface area contributed by atoms with Crippen molar-refractivity contribution in [2.45, 2.75) is 13.3 Å². The first kappa shape index (κ1) is 12.0. The van der Waals surface area contributed by atoms with Gasteiger partial charge in [-0.25, -0.2) is 4.39 Å². The van der Waals surface area contributed by atoms with Crippen LogP contribution in [0.15, 0.2) is 10.5 Å². The predicted molar refractivity (Wildman–Crippen MR) is 56.7 cm³/mol. The minimum absolute atomic E-state index is 0.146. The van der Waals surface area contributed by atoms with E-state index in [0.29, 0.717) is 16.9 Å². The summed E-state index contributed by atoms with van der Waals surface area (Å²) in [4.78, 5) is 10.6. The topological polar surface area (TPSA) is 46.5 Å². The van der Waals surface area contributed by atoms with Gasteiger partial charge in [-0.1, -0.05) is 0 Å². The van der Waals surface area contributed by atoms with Gasteiger partial charge >= 0.3 is 5.97 Å². The highest BCUT2D eigenvalue weighted by Gasteiger charge is 2.17. The molecular formula is C10H10BrFO3. The first-order valence-corrected chi connectivity index (χ1v) is 5.00. The fraction of sp³-hybridized carbons (Fsp3) is 0.300. The Morgan fingerprint density at radius 3 is 2.73 bits per heavy atom. The molecule has 5 heteroatoms. The molecule has 0 aromatic heterocycles. The molecule has 0 bridgehead atoms. The molecular weight excluding hydrogens is 267 g/mol.